The standard InChI is InChI=1S/C25H26F3N3O/c1-3-23-13-24(14-23,15-23)30-22(32)19-12-31(4-2)21-20(19)17(9-10-29-21)11-16-5-7-18(8-6-16)25(26,27)28/h5-10,12H,3-4,11,13-15H2,1-2H3,(H,30,32). The number of hydrogen-bond donors (Lipinski definition) is 1. The molecule has 2 aromatic heterocycles. The van der Waals surface area contributed by atoms with Crippen molar-refractivity contribution in [1.29, 1.82) is 0 Å². The summed E-state index contributed by atoms with van der Waals surface area (Å²) in [5.41, 5.74) is 2.66. The number of halogens is 3. The number of fused-ring (bicyclic) bond motifs is 1. The minimum atomic E-state index is -4.36. The lowest BCUT2D eigenvalue weighted by Gasteiger charge is -2.70. The van der Waals surface area contributed by atoms with Crippen molar-refractivity contribution in [2.75, 3.05) is 0 Å². The van der Waals surface area contributed by atoms with Gasteiger partial charge in [0.05, 0.1) is 11.1 Å². The van der Waals surface area contributed by atoms with Crippen molar-refractivity contribution < 1.29 is 18.0 Å². The molecule has 0 spiro atoms. The highest BCUT2D eigenvalue weighted by Gasteiger charge is 2.67. The fourth-order valence-corrected chi connectivity index (χ4v) is 5.69. The average molecular weight is 441 g/mol. The van der Waals surface area contributed by atoms with Crippen LogP contribution in [-0.2, 0) is 19.1 Å². The van der Waals surface area contributed by atoms with Gasteiger partial charge in [0.25, 0.3) is 5.91 Å². The molecule has 1 amide bonds. The number of carbonyl (C=O) groups excluding carboxylic acids is 1. The van der Waals surface area contributed by atoms with Crippen molar-refractivity contribution in [3.8, 4) is 0 Å². The molecule has 32 heavy (non-hydrogen) atoms. The number of nitrogens with one attached hydrogen (secondary N) is 1. The zero-order valence-electron chi connectivity index (χ0n) is 18.2. The van der Waals surface area contributed by atoms with Gasteiger partial charge in [-0.25, -0.2) is 4.98 Å². The van der Waals surface area contributed by atoms with E-state index in [-0.39, 0.29) is 11.4 Å². The van der Waals surface area contributed by atoms with Crippen LogP contribution in [0.5, 0.6) is 0 Å². The Kier molecular flexibility index (Phi) is 4.66. The summed E-state index contributed by atoms with van der Waals surface area (Å²) in [4.78, 5) is 17.8. The highest BCUT2D eigenvalue weighted by Crippen LogP contribution is 2.68. The molecule has 3 aromatic rings. The fraction of sp³-hybridized carbons (Fsp3) is 0.440. The maximum Gasteiger partial charge on any atom is 0.416 e. The average Bonchev–Trinajstić information content (AvgIpc) is 3.09. The van der Waals surface area contributed by atoms with Gasteiger partial charge >= 0.3 is 6.18 Å². The van der Waals surface area contributed by atoms with E-state index in [0.29, 0.717) is 23.9 Å². The van der Waals surface area contributed by atoms with Gasteiger partial charge in [-0.1, -0.05) is 25.5 Å². The second-order valence-corrected chi connectivity index (χ2v) is 9.49. The van der Waals surface area contributed by atoms with Crippen molar-refractivity contribution in [1.82, 2.24) is 14.9 Å². The van der Waals surface area contributed by atoms with Crippen LogP contribution in [0.4, 0.5) is 13.2 Å². The highest BCUT2D eigenvalue weighted by atomic mass is 19.4. The van der Waals surface area contributed by atoms with E-state index in [0.717, 1.165) is 60.0 Å². The molecule has 3 saturated carbocycles. The summed E-state index contributed by atoms with van der Waals surface area (Å²) in [5.74, 6) is -0.0896. The van der Waals surface area contributed by atoms with E-state index in [2.05, 4.69) is 17.2 Å². The van der Waals surface area contributed by atoms with E-state index >= 15 is 0 Å². The first kappa shape index (κ1) is 21.0. The molecule has 2 heterocycles. The molecule has 1 N–H and O–H groups in total. The van der Waals surface area contributed by atoms with Crippen LogP contribution in [0.25, 0.3) is 11.0 Å². The van der Waals surface area contributed by atoms with Crippen molar-refractivity contribution in [3.63, 3.8) is 0 Å². The zero-order chi connectivity index (χ0) is 22.7. The summed E-state index contributed by atoms with van der Waals surface area (Å²) in [6.45, 7) is 4.88. The quantitative estimate of drug-likeness (QED) is 0.531. The van der Waals surface area contributed by atoms with Gasteiger partial charge in [-0.2, -0.15) is 13.2 Å². The van der Waals surface area contributed by atoms with Crippen molar-refractivity contribution in [2.24, 2.45) is 5.41 Å². The first-order valence-electron chi connectivity index (χ1n) is 11.1. The Morgan fingerprint density at radius 2 is 1.81 bits per heavy atom. The summed E-state index contributed by atoms with van der Waals surface area (Å²) in [5, 5.41) is 4.05. The molecule has 0 unspecified atom stereocenters. The van der Waals surface area contributed by atoms with Crippen LogP contribution in [0.15, 0.2) is 42.7 Å². The van der Waals surface area contributed by atoms with E-state index in [9.17, 15) is 18.0 Å². The number of alkyl halides is 3. The Morgan fingerprint density at radius 3 is 2.41 bits per heavy atom. The number of aryl methyl sites for hydroxylation is 1. The molecule has 2 bridgehead atoms. The van der Waals surface area contributed by atoms with Gasteiger partial charge in [-0.15, -0.1) is 0 Å². The Hall–Kier alpha value is -2.83. The molecular weight excluding hydrogens is 415 g/mol. The Balaban J connectivity index is 1.46. The lowest BCUT2D eigenvalue weighted by molar-refractivity contribution is -0.149. The van der Waals surface area contributed by atoms with Gasteiger partial charge in [-0.3, -0.25) is 4.79 Å². The lowest BCUT2D eigenvalue weighted by Crippen LogP contribution is -2.74. The number of aromatic nitrogens is 2. The minimum Gasteiger partial charge on any atom is -0.346 e. The third-order valence-corrected chi connectivity index (χ3v) is 7.37. The van der Waals surface area contributed by atoms with Crippen LogP contribution in [0.3, 0.4) is 0 Å². The third-order valence-electron chi connectivity index (χ3n) is 7.37. The maximum absolute atomic E-state index is 13.3. The van der Waals surface area contributed by atoms with E-state index in [1.807, 2.05) is 23.8 Å². The number of carbonyl (C=O) groups is 1. The molecule has 1 aromatic carbocycles. The second kappa shape index (κ2) is 7.09. The first-order chi connectivity index (χ1) is 15.2. The Bertz CT molecular complexity index is 1170. The van der Waals surface area contributed by atoms with Crippen LogP contribution in [0, 0.1) is 5.41 Å². The zero-order valence-corrected chi connectivity index (χ0v) is 18.2. The lowest BCUT2D eigenvalue weighted by atomic mass is 9.38. The molecule has 3 aliphatic carbocycles. The first-order valence-corrected chi connectivity index (χ1v) is 11.1. The van der Waals surface area contributed by atoms with Crippen LogP contribution in [0.2, 0.25) is 0 Å². The van der Waals surface area contributed by atoms with Crippen molar-refractivity contribution in [2.45, 2.75) is 64.2 Å². The number of pyridine rings is 1. The van der Waals surface area contributed by atoms with E-state index in [4.69, 9.17) is 0 Å². The Morgan fingerprint density at radius 1 is 1.12 bits per heavy atom. The van der Waals surface area contributed by atoms with Crippen LogP contribution in [0.1, 0.15) is 66.6 Å². The largest absolute Gasteiger partial charge is 0.416 e. The van der Waals surface area contributed by atoms with Crippen LogP contribution in [-0.4, -0.2) is 21.0 Å². The number of hydrogen-bond acceptors (Lipinski definition) is 2. The topological polar surface area (TPSA) is 46.9 Å². The van der Waals surface area contributed by atoms with Gasteiger partial charge in [-0.05, 0) is 67.3 Å². The molecule has 0 aliphatic heterocycles. The molecule has 7 heteroatoms. The summed E-state index contributed by atoms with van der Waals surface area (Å²) in [6, 6.07) is 7.05. The molecule has 0 saturated heterocycles. The maximum atomic E-state index is 13.3. The molecule has 0 radical (unpaired) electrons. The summed E-state index contributed by atoms with van der Waals surface area (Å²) < 4.78 is 40.7. The highest BCUT2D eigenvalue weighted by molar-refractivity contribution is 6.07. The fourth-order valence-electron chi connectivity index (χ4n) is 5.69. The smallest absolute Gasteiger partial charge is 0.346 e. The normalized spacial score (nSPS) is 24.2. The second-order valence-electron chi connectivity index (χ2n) is 9.49. The molecule has 4 nitrogen and oxygen atoms in total. The molecule has 168 valence electrons. The molecule has 3 fully saturated rings. The number of amides is 1. The third kappa shape index (κ3) is 3.29. The molecule has 3 aliphatic rings. The van der Waals surface area contributed by atoms with Crippen LogP contribution < -0.4 is 5.32 Å². The molecule has 0 atom stereocenters. The summed E-state index contributed by atoms with van der Waals surface area (Å²) >= 11 is 0. The van der Waals surface area contributed by atoms with Crippen molar-refractivity contribution >= 4 is 16.9 Å². The summed E-state index contributed by atoms with van der Waals surface area (Å²) in [7, 11) is 0. The minimum absolute atomic E-state index is 0.0659. The predicted octanol–water partition coefficient (Wildman–Crippen LogP) is 5.73. The SMILES string of the molecule is CCn1cc(C(=O)NC23CC(CC)(C2)C3)c2c(Cc3ccc(C(F)(F)F)cc3)ccnc21. The summed E-state index contributed by atoms with van der Waals surface area (Å²) in [6.07, 6.45) is 3.91. The predicted molar refractivity (Wildman–Crippen MR) is 116 cm³/mol. The Labute approximate surface area is 184 Å². The van der Waals surface area contributed by atoms with E-state index in [1.165, 1.54) is 12.1 Å². The van der Waals surface area contributed by atoms with Gasteiger partial charge < -0.3 is 9.88 Å². The van der Waals surface area contributed by atoms with E-state index in [1.54, 1.807) is 6.20 Å². The number of nitrogens with zero attached hydrogens (tertiary/aromatic N) is 2. The number of benzene rings is 1. The molecule has 6 rings (SSSR count). The van der Waals surface area contributed by atoms with Crippen molar-refractivity contribution in [3.05, 3.63) is 65.0 Å². The monoisotopic (exact) mass is 441 g/mol. The van der Waals surface area contributed by atoms with Gasteiger partial charge in [0.2, 0.25) is 0 Å². The van der Waals surface area contributed by atoms with Gasteiger partial charge in [0.1, 0.15) is 5.65 Å². The van der Waals surface area contributed by atoms with Crippen LogP contribution >= 0.6 is 0 Å². The number of rotatable bonds is 6. The molecular formula is C25H26F3N3O. The van der Waals surface area contributed by atoms with Gasteiger partial charge in [0, 0.05) is 29.9 Å². The van der Waals surface area contributed by atoms with E-state index < -0.39 is 11.7 Å². The van der Waals surface area contributed by atoms with Gasteiger partial charge in [0.15, 0.2) is 0 Å².